The minimum atomic E-state index is -1.30. The second kappa shape index (κ2) is 15.3. The van der Waals surface area contributed by atoms with Crippen LogP contribution in [-0.4, -0.2) is 97.4 Å². The van der Waals surface area contributed by atoms with Crippen molar-refractivity contribution in [1.82, 2.24) is 25.8 Å². The van der Waals surface area contributed by atoms with Gasteiger partial charge < -0.3 is 41.2 Å². The van der Waals surface area contributed by atoms with E-state index in [-0.39, 0.29) is 65.1 Å². The standard InChI is InChI=1S/C28H38ClN7O7/c1-42-22-13-36(11-8-21(22)34-26(39)19-12-20(29)25(30)35-27(19)40)14-23(37)32-17-4-2-16(3-5-17)28(41)43-15-24(38)33-18-6-9-31-10-7-18/h2-5,12,18,21-22,26,31,34,39H,6-11,13-15H2,1H3,(H,32,37)(H,33,38)(H3,30,35,40)/t21-,22+,26?/m0/s1. The number of nitrogens with zero attached hydrogens (tertiary/aromatic N) is 1. The molecule has 43 heavy (non-hydrogen) atoms. The number of nitrogen functional groups attached to an aromatic ring is 1. The van der Waals surface area contributed by atoms with Crippen molar-refractivity contribution in [3.8, 4) is 0 Å². The summed E-state index contributed by atoms with van der Waals surface area (Å²) >= 11 is 5.99. The molecule has 2 fully saturated rings. The number of piperidine rings is 2. The summed E-state index contributed by atoms with van der Waals surface area (Å²) in [5.41, 5.74) is 5.85. The topological polar surface area (TPSA) is 200 Å². The van der Waals surface area contributed by atoms with Gasteiger partial charge in [-0.1, -0.05) is 11.6 Å². The van der Waals surface area contributed by atoms with Crippen LogP contribution in [0.25, 0.3) is 0 Å². The normalized spacial score (nSPS) is 20.3. The first-order valence-electron chi connectivity index (χ1n) is 14.1. The van der Waals surface area contributed by atoms with Gasteiger partial charge in [-0.05, 0) is 62.7 Å². The van der Waals surface area contributed by atoms with Crippen LogP contribution in [0.1, 0.15) is 41.4 Å². The maximum absolute atomic E-state index is 12.7. The van der Waals surface area contributed by atoms with Crippen molar-refractivity contribution in [2.45, 2.75) is 43.7 Å². The lowest BCUT2D eigenvalue weighted by molar-refractivity contribution is -0.125. The molecule has 234 valence electrons. The molecule has 2 amide bonds. The number of halogens is 1. The lowest BCUT2D eigenvalue weighted by Gasteiger charge is -2.38. The minimum Gasteiger partial charge on any atom is -0.452 e. The monoisotopic (exact) mass is 619 g/mol. The molecule has 2 aromatic rings. The Morgan fingerprint density at radius 3 is 2.58 bits per heavy atom. The maximum Gasteiger partial charge on any atom is 0.338 e. The van der Waals surface area contributed by atoms with Crippen LogP contribution in [0.5, 0.6) is 0 Å². The van der Waals surface area contributed by atoms with Crippen LogP contribution in [0.2, 0.25) is 5.02 Å². The van der Waals surface area contributed by atoms with Gasteiger partial charge in [-0.25, -0.2) is 4.79 Å². The minimum absolute atomic E-state index is 0.0199. The molecule has 1 aromatic heterocycles. The lowest BCUT2D eigenvalue weighted by Crippen LogP contribution is -2.55. The van der Waals surface area contributed by atoms with Gasteiger partial charge in [-0.15, -0.1) is 0 Å². The van der Waals surface area contributed by atoms with Gasteiger partial charge in [0.1, 0.15) is 12.0 Å². The molecule has 0 radical (unpaired) electrons. The predicted octanol–water partition coefficient (Wildman–Crippen LogP) is -0.0560. The molecule has 15 heteroatoms. The fourth-order valence-corrected chi connectivity index (χ4v) is 5.29. The zero-order chi connectivity index (χ0) is 30.9. The van der Waals surface area contributed by atoms with Crippen LogP contribution in [0.4, 0.5) is 11.5 Å². The Morgan fingerprint density at radius 1 is 1.16 bits per heavy atom. The zero-order valence-corrected chi connectivity index (χ0v) is 24.6. The summed E-state index contributed by atoms with van der Waals surface area (Å²) in [5, 5.41) is 22.6. The van der Waals surface area contributed by atoms with Crippen molar-refractivity contribution in [3.05, 3.63) is 56.8 Å². The first kappa shape index (κ1) is 32.4. The van der Waals surface area contributed by atoms with E-state index in [0.29, 0.717) is 25.2 Å². The Balaban J connectivity index is 1.21. The molecular formula is C28H38ClN7O7. The van der Waals surface area contributed by atoms with E-state index in [2.05, 4.69) is 26.3 Å². The molecule has 1 unspecified atom stereocenters. The summed E-state index contributed by atoms with van der Waals surface area (Å²) in [6.45, 7) is 2.36. The van der Waals surface area contributed by atoms with Crippen LogP contribution in [-0.2, 0) is 19.1 Å². The van der Waals surface area contributed by atoms with Gasteiger partial charge in [0, 0.05) is 38.0 Å². The number of esters is 1. The highest BCUT2D eigenvalue weighted by Crippen LogP contribution is 2.21. The van der Waals surface area contributed by atoms with Crippen LogP contribution >= 0.6 is 11.6 Å². The van der Waals surface area contributed by atoms with Crippen molar-refractivity contribution in [1.29, 1.82) is 0 Å². The van der Waals surface area contributed by atoms with E-state index in [9.17, 15) is 24.3 Å². The number of carbonyl (C=O) groups excluding carboxylic acids is 3. The van der Waals surface area contributed by atoms with E-state index in [0.717, 1.165) is 25.9 Å². The molecule has 4 rings (SSSR count). The third kappa shape index (κ3) is 9.23. The van der Waals surface area contributed by atoms with Gasteiger partial charge >= 0.3 is 5.97 Å². The van der Waals surface area contributed by atoms with Crippen molar-refractivity contribution in [2.75, 3.05) is 57.5 Å². The molecular weight excluding hydrogens is 582 g/mol. The molecule has 2 aliphatic rings. The number of aromatic nitrogens is 1. The fraction of sp³-hybridized carbons (Fsp3) is 0.500. The van der Waals surface area contributed by atoms with E-state index < -0.39 is 17.8 Å². The molecule has 0 spiro atoms. The highest BCUT2D eigenvalue weighted by Gasteiger charge is 2.32. The number of amides is 2. The Bertz CT molecular complexity index is 1330. The fourth-order valence-electron chi connectivity index (χ4n) is 5.13. The average Bonchev–Trinajstić information content (AvgIpc) is 2.99. The number of H-pyrrole nitrogens is 1. The number of aliphatic hydroxyl groups is 1. The quantitative estimate of drug-likeness (QED) is 0.131. The van der Waals surface area contributed by atoms with Gasteiger partial charge in [0.05, 0.1) is 28.8 Å². The number of aliphatic hydroxyl groups excluding tert-OH is 1. The zero-order valence-electron chi connectivity index (χ0n) is 23.9. The first-order chi connectivity index (χ1) is 20.6. The number of nitrogens with two attached hydrogens (primary N) is 1. The van der Waals surface area contributed by atoms with Gasteiger partial charge in [0.2, 0.25) is 5.91 Å². The van der Waals surface area contributed by atoms with Crippen molar-refractivity contribution < 1.29 is 29.0 Å². The largest absolute Gasteiger partial charge is 0.452 e. The maximum atomic E-state index is 12.7. The van der Waals surface area contributed by atoms with Gasteiger partial charge in [-0.3, -0.25) is 24.6 Å². The third-order valence-electron chi connectivity index (χ3n) is 7.47. The highest BCUT2D eigenvalue weighted by atomic mass is 35.5. The summed E-state index contributed by atoms with van der Waals surface area (Å²) in [5.74, 6) is -1.20. The van der Waals surface area contributed by atoms with E-state index in [4.69, 9.17) is 26.8 Å². The van der Waals surface area contributed by atoms with Crippen LogP contribution in [0, 0.1) is 0 Å². The second-order valence-corrected chi connectivity index (χ2v) is 11.0. The number of likely N-dealkylation sites (tertiary alicyclic amines) is 1. The number of rotatable bonds is 11. The van der Waals surface area contributed by atoms with E-state index in [1.165, 1.54) is 25.3 Å². The molecule has 3 heterocycles. The van der Waals surface area contributed by atoms with Crippen LogP contribution < -0.4 is 32.6 Å². The molecule has 0 bridgehead atoms. The van der Waals surface area contributed by atoms with Crippen molar-refractivity contribution in [2.24, 2.45) is 0 Å². The van der Waals surface area contributed by atoms with Crippen molar-refractivity contribution in [3.63, 3.8) is 0 Å². The number of nitrogens with one attached hydrogen (secondary N) is 5. The highest BCUT2D eigenvalue weighted by molar-refractivity contribution is 6.32. The van der Waals surface area contributed by atoms with Gasteiger partial charge in [-0.2, -0.15) is 0 Å². The number of pyridine rings is 1. The van der Waals surface area contributed by atoms with E-state index in [1.54, 1.807) is 12.1 Å². The summed E-state index contributed by atoms with van der Waals surface area (Å²) in [6, 6.07) is 7.32. The third-order valence-corrected chi connectivity index (χ3v) is 7.79. The Labute approximate surface area is 253 Å². The molecule has 8 N–H and O–H groups in total. The molecule has 0 saturated carbocycles. The summed E-state index contributed by atoms with van der Waals surface area (Å²) < 4.78 is 10.7. The number of benzene rings is 1. The number of hydrogen-bond donors (Lipinski definition) is 7. The van der Waals surface area contributed by atoms with Gasteiger partial charge in [0.25, 0.3) is 11.5 Å². The van der Waals surface area contributed by atoms with Crippen LogP contribution in [0.15, 0.2) is 35.1 Å². The molecule has 3 atom stereocenters. The summed E-state index contributed by atoms with van der Waals surface area (Å²) in [6.07, 6.45) is 0.548. The molecule has 14 nitrogen and oxygen atoms in total. The SMILES string of the molecule is CO[C@@H]1CN(CC(=O)Nc2ccc(C(=O)OCC(=O)NC3CCNCC3)cc2)CC[C@@H]1NC(O)c1cc(Cl)c(N)[nH]c1=O. The first-order valence-corrected chi connectivity index (χ1v) is 14.4. The summed E-state index contributed by atoms with van der Waals surface area (Å²) in [4.78, 5) is 53.7. The van der Waals surface area contributed by atoms with Crippen LogP contribution in [0.3, 0.4) is 0 Å². The number of carbonyl (C=O) groups is 3. The Kier molecular flexibility index (Phi) is 11.5. The molecule has 1 aromatic carbocycles. The molecule has 0 aliphatic carbocycles. The number of hydrogen-bond acceptors (Lipinski definition) is 11. The number of methoxy groups -OCH3 is 1. The predicted molar refractivity (Wildman–Crippen MR) is 160 cm³/mol. The average molecular weight is 620 g/mol. The Morgan fingerprint density at radius 2 is 1.88 bits per heavy atom. The van der Waals surface area contributed by atoms with Gasteiger partial charge in [0.15, 0.2) is 6.61 Å². The number of ether oxygens (including phenoxy) is 2. The van der Waals surface area contributed by atoms with E-state index in [1.807, 2.05) is 4.90 Å². The summed E-state index contributed by atoms with van der Waals surface area (Å²) in [7, 11) is 1.54. The number of aromatic amines is 1. The Hall–Kier alpha value is -3.53. The van der Waals surface area contributed by atoms with Crippen molar-refractivity contribution >= 4 is 40.9 Å². The second-order valence-electron chi connectivity index (χ2n) is 10.6. The smallest absolute Gasteiger partial charge is 0.338 e. The molecule has 2 saturated heterocycles. The number of anilines is 2. The molecule has 2 aliphatic heterocycles. The lowest BCUT2D eigenvalue weighted by atomic mass is 10.0. The van der Waals surface area contributed by atoms with E-state index >= 15 is 0 Å².